The normalized spacial score (nSPS) is 10.8. The van der Waals surface area contributed by atoms with Gasteiger partial charge in [0.15, 0.2) is 11.0 Å². The summed E-state index contributed by atoms with van der Waals surface area (Å²) in [7, 11) is 1.79. The zero-order valence-electron chi connectivity index (χ0n) is 14.9. The van der Waals surface area contributed by atoms with Crippen molar-refractivity contribution >= 4 is 23.4 Å². The van der Waals surface area contributed by atoms with E-state index < -0.39 is 0 Å². The molecule has 8 heteroatoms. The van der Waals surface area contributed by atoms with Crippen molar-refractivity contribution < 1.29 is 13.6 Å². The maximum Gasteiger partial charge on any atom is 0.237 e. The summed E-state index contributed by atoms with van der Waals surface area (Å²) in [4.78, 5) is 14.2. The second-order valence-electron chi connectivity index (χ2n) is 5.78. The zero-order chi connectivity index (χ0) is 19.4. The Hall–Kier alpha value is -2.74. The number of rotatable bonds is 6. The molecule has 0 spiro atoms. The Morgan fingerprint density at radius 1 is 1.04 bits per heavy atom. The van der Waals surface area contributed by atoms with Crippen LogP contribution >= 0.6 is 11.8 Å². The van der Waals surface area contributed by atoms with Gasteiger partial charge in [0, 0.05) is 24.8 Å². The third-order valence-corrected chi connectivity index (χ3v) is 5.02. The van der Waals surface area contributed by atoms with E-state index in [2.05, 4.69) is 10.2 Å². The molecule has 0 bridgehead atoms. The number of nitrogens with zero attached hydrogens (tertiary/aromatic N) is 4. The molecule has 0 atom stereocenters. The van der Waals surface area contributed by atoms with Gasteiger partial charge in [-0.1, -0.05) is 11.8 Å². The number of benzene rings is 2. The van der Waals surface area contributed by atoms with Crippen molar-refractivity contribution in [1.29, 1.82) is 0 Å². The summed E-state index contributed by atoms with van der Waals surface area (Å²) < 4.78 is 27.9. The molecule has 0 aliphatic rings. The molecule has 3 rings (SSSR count). The van der Waals surface area contributed by atoms with Crippen molar-refractivity contribution in [2.75, 3.05) is 17.2 Å². The quantitative estimate of drug-likeness (QED) is 0.601. The van der Waals surface area contributed by atoms with Crippen LogP contribution in [-0.2, 0) is 11.8 Å². The van der Waals surface area contributed by atoms with Crippen LogP contribution in [0.15, 0.2) is 53.7 Å². The monoisotopic (exact) mass is 388 g/mol. The van der Waals surface area contributed by atoms with Crippen molar-refractivity contribution in [2.24, 2.45) is 7.05 Å². The second kappa shape index (κ2) is 8.30. The molecule has 1 heterocycles. The molecule has 140 valence electrons. The molecule has 0 aliphatic carbocycles. The number of hydrogen-bond donors (Lipinski definition) is 0. The lowest BCUT2D eigenvalue weighted by atomic mass is 10.2. The highest BCUT2D eigenvalue weighted by Crippen LogP contribution is 2.24. The maximum absolute atomic E-state index is 13.1. The van der Waals surface area contributed by atoms with Crippen molar-refractivity contribution in [3.8, 4) is 11.4 Å². The molecule has 0 N–H and O–H groups in total. The van der Waals surface area contributed by atoms with Crippen molar-refractivity contribution in [3.63, 3.8) is 0 Å². The van der Waals surface area contributed by atoms with Gasteiger partial charge in [0.05, 0.1) is 5.75 Å². The average molecular weight is 388 g/mol. The first-order valence-corrected chi connectivity index (χ1v) is 9.32. The number of thioether (sulfide) groups is 1. The van der Waals surface area contributed by atoms with Gasteiger partial charge in [-0.15, -0.1) is 10.2 Å². The fraction of sp³-hybridized carbons (Fsp3) is 0.211. The average Bonchev–Trinajstić information content (AvgIpc) is 3.03. The van der Waals surface area contributed by atoms with Gasteiger partial charge in [-0.05, 0) is 55.5 Å². The summed E-state index contributed by atoms with van der Waals surface area (Å²) in [5.74, 6) is -0.0116. The second-order valence-corrected chi connectivity index (χ2v) is 6.72. The van der Waals surface area contributed by atoms with E-state index in [1.165, 1.54) is 36.0 Å². The Morgan fingerprint density at radius 3 is 2.22 bits per heavy atom. The number of aromatic nitrogens is 3. The molecule has 1 aromatic heterocycles. The van der Waals surface area contributed by atoms with Crippen LogP contribution in [0.5, 0.6) is 0 Å². The third kappa shape index (κ3) is 4.33. The number of hydrogen-bond acceptors (Lipinski definition) is 4. The molecule has 27 heavy (non-hydrogen) atoms. The lowest BCUT2D eigenvalue weighted by Gasteiger charge is -2.20. The number of carbonyl (C=O) groups is 1. The van der Waals surface area contributed by atoms with E-state index in [1.54, 1.807) is 40.8 Å². The Bertz CT molecular complexity index is 926. The topological polar surface area (TPSA) is 51.0 Å². The number of amides is 1. The number of anilines is 1. The largest absolute Gasteiger partial charge is 0.312 e. The molecule has 0 saturated carbocycles. The molecule has 3 aromatic rings. The van der Waals surface area contributed by atoms with Gasteiger partial charge in [0.25, 0.3) is 0 Å². The standard InChI is InChI=1S/C19H18F2N4OS/c1-3-25(16-10-8-15(21)9-11-16)17(26)12-27-19-23-22-18(24(19)2)13-4-6-14(20)7-5-13/h4-11H,3,12H2,1-2H3. The highest BCUT2D eigenvalue weighted by Gasteiger charge is 2.17. The smallest absolute Gasteiger partial charge is 0.237 e. The van der Waals surface area contributed by atoms with E-state index in [1.807, 2.05) is 6.92 Å². The van der Waals surface area contributed by atoms with Crippen molar-refractivity contribution in [1.82, 2.24) is 14.8 Å². The minimum Gasteiger partial charge on any atom is -0.312 e. The lowest BCUT2D eigenvalue weighted by molar-refractivity contribution is -0.116. The lowest BCUT2D eigenvalue weighted by Crippen LogP contribution is -2.32. The molecular weight excluding hydrogens is 370 g/mol. The summed E-state index contributed by atoms with van der Waals surface area (Å²) >= 11 is 1.27. The molecule has 0 aliphatic heterocycles. The summed E-state index contributed by atoms with van der Waals surface area (Å²) in [6.07, 6.45) is 0. The predicted octanol–water partition coefficient (Wildman–Crippen LogP) is 3.91. The molecule has 0 saturated heterocycles. The summed E-state index contributed by atoms with van der Waals surface area (Å²) in [6.45, 7) is 2.34. The molecule has 0 fully saturated rings. The third-order valence-electron chi connectivity index (χ3n) is 4.02. The van der Waals surface area contributed by atoms with Gasteiger partial charge in [-0.3, -0.25) is 4.79 Å². The van der Waals surface area contributed by atoms with Crippen LogP contribution in [-0.4, -0.2) is 33.0 Å². The van der Waals surface area contributed by atoms with Crippen LogP contribution in [0.25, 0.3) is 11.4 Å². The predicted molar refractivity (Wildman–Crippen MR) is 102 cm³/mol. The zero-order valence-corrected chi connectivity index (χ0v) is 15.7. The van der Waals surface area contributed by atoms with Crippen LogP contribution in [0, 0.1) is 11.6 Å². The van der Waals surface area contributed by atoms with E-state index >= 15 is 0 Å². The minimum atomic E-state index is -0.343. The van der Waals surface area contributed by atoms with E-state index in [9.17, 15) is 13.6 Å². The molecule has 2 aromatic carbocycles. The van der Waals surface area contributed by atoms with Crippen LogP contribution in [0.2, 0.25) is 0 Å². The fourth-order valence-electron chi connectivity index (χ4n) is 2.62. The minimum absolute atomic E-state index is 0.111. The van der Waals surface area contributed by atoms with E-state index in [0.717, 1.165) is 5.56 Å². The van der Waals surface area contributed by atoms with Gasteiger partial charge in [0.2, 0.25) is 5.91 Å². The van der Waals surface area contributed by atoms with Gasteiger partial charge < -0.3 is 9.47 Å². The summed E-state index contributed by atoms with van der Waals surface area (Å²) in [6, 6.07) is 11.8. The first kappa shape index (κ1) is 19.0. The molecule has 5 nitrogen and oxygen atoms in total. The van der Waals surface area contributed by atoms with Crippen molar-refractivity contribution in [3.05, 3.63) is 60.2 Å². The molecule has 1 amide bonds. The van der Waals surface area contributed by atoms with E-state index in [0.29, 0.717) is 23.2 Å². The Balaban J connectivity index is 1.70. The highest BCUT2D eigenvalue weighted by atomic mass is 32.2. The van der Waals surface area contributed by atoms with Crippen molar-refractivity contribution in [2.45, 2.75) is 12.1 Å². The Labute approximate surface area is 160 Å². The van der Waals surface area contributed by atoms with Crippen LogP contribution in [0.3, 0.4) is 0 Å². The van der Waals surface area contributed by atoms with Gasteiger partial charge in [-0.25, -0.2) is 8.78 Å². The van der Waals surface area contributed by atoms with Crippen LogP contribution in [0.1, 0.15) is 6.92 Å². The van der Waals surface area contributed by atoms with Gasteiger partial charge in [-0.2, -0.15) is 0 Å². The summed E-state index contributed by atoms with van der Waals surface area (Å²) in [5.41, 5.74) is 1.39. The Kier molecular flexibility index (Phi) is 5.85. The number of halogens is 2. The van der Waals surface area contributed by atoms with Crippen LogP contribution < -0.4 is 4.90 Å². The van der Waals surface area contributed by atoms with Gasteiger partial charge in [0.1, 0.15) is 11.6 Å². The van der Waals surface area contributed by atoms with Crippen LogP contribution in [0.4, 0.5) is 14.5 Å². The van der Waals surface area contributed by atoms with E-state index in [-0.39, 0.29) is 23.3 Å². The molecule has 0 radical (unpaired) electrons. The highest BCUT2D eigenvalue weighted by molar-refractivity contribution is 7.99. The Morgan fingerprint density at radius 2 is 1.63 bits per heavy atom. The van der Waals surface area contributed by atoms with E-state index in [4.69, 9.17) is 0 Å². The molecular formula is C19H18F2N4OS. The number of carbonyl (C=O) groups excluding carboxylic acids is 1. The van der Waals surface area contributed by atoms with Gasteiger partial charge >= 0.3 is 0 Å². The summed E-state index contributed by atoms with van der Waals surface area (Å²) in [5, 5.41) is 8.83. The fourth-order valence-corrected chi connectivity index (χ4v) is 3.41. The first-order chi connectivity index (χ1) is 13.0. The SMILES string of the molecule is CCN(C(=O)CSc1nnc(-c2ccc(F)cc2)n1C)c1ccc(F)cc1. The molecule has 0 unspecified atom stereocenters. The first-order valence-electron chi connectivity index (χ1n) is 8.33. The maximum atomic E-state index is 13.1.